The van der Waals surface area contributed by atoms with Crippen LogP contribution in [0.15, 0.2) is 30.6 Å². The van der Waals surface area contributed by atoms with Crippen LogP contribution >= 0.6 is 11.6 Å². The number of carbonyl (C=O) groups is 1. The van der Waals surface area contributed by atoms with Crippen LogP contribution in [0.2, 0.25) is 5.15 Å². The molecule has 0 aliphatic rings. The predicted octanol–water partition coefficient (Wildman–Crippen LogP) is 4.15. The minimum Gasteiger partial charge on any atom is -0.375 e. The number of nitrogens with zero attached hydrogens (tertiary/aromatic N) is 4. The van der Waals surface area contributed by atoms with E-state index in [9.17, 15) is 18.0 Å². The second-order valence-corrected chi connectivity index (χ2v) is 6.07. The van der Waals surface area contributed by atoms with Crippen LogP contribution in [0.3, 0.4) is 0 Å². The van der Waals surface area contributed by atoms with E-state index < -0.39 is 24.0 Å². The molecule has 28 heavy (non-hydrogen) atoms. The van der Waals surface area contributed by atoms with Gasteiger partial charge in [-0.05, 0) is 19.1 Å². The highest BCUT2D eigenvalue weighted by Crippen LogP contribution is 2.29. The average Bonchev–Trinajstić information content (AvgIpc) is 3.00. The minimum atomic E-state index is -4.62. The highest BCUT2D eigenvalue weighted by atomic mass is 35.5. The highest BCUT2D eigenvalue weighted by molar-refractivity contribution is 6.29. The van der Waals surface area contributed by atoms with Gasteiger partial charge in [-0.25, -0.2) is 14.3 Å². The lowest BCUT2D eigenvalue weighted by atomic mass is 10.2. The van der Waals surface area contributed by atoms with E-state index in [1.54, 1.807) is 6.92 Å². The lowest BCUT2D eigenvalue weighted by Gasteiger charge is -2.17. The first kappa shape index (κ1) is 19.8. The number of amides is 2. The number of alkyl halides is 3. The molecular formula is C16H14ClF3N6O2. The van der Waals surface area contributed by atoms with E-state index in [1.807, 2.05) is 0 Å². The van der Waals surface area contributed by atoms with Crippen molar-refractivity contribution in [2.45, 2.75) is 19.2 Å². The Kier molecular flexibility index (Phi) is 5.38. The number of methoxy groups -OCH3 is 1. The first-order valence-electron chi connectivity index (χ1n) is 7.87. The molecule has 0 spiro atoms. The van der Waals surface area contributed by atoms with Crippen LogP contribution in [-0.2, 0) is 10.9 Å². The smallest absolute Gasteiger partial charge is 0.375 e. The quantitative estimate of drug-likeness (QED) is 0.669. The summed E-state index contributed by atoms with van der Waals surface area (Å²) < 4.78 is 45.0. The van der Waals surface area contributed by atoms with Gasteiger partial charge in [0, 0.05) is 25.1 Å². The molecule has 3 aromatic heterocycles. The number of aromatic nitrogens is 4. The number of rotatable bonds is 4. The second-order valence-electron chi connectivity index (χ2n) is 5.68. The Morgan fingerprint density at radius 1 is 1.29 bits per heavy atom. The Morgan fingerprint density at radius 3 is 2.71 bits per heavy atom. The van der Waals surface area contributed by atoms with E-state index in [4.69, 9.17) is 16.3 Å². The van der Waals surface area contributed by atoms with E-state index in [2.05, 4.69) is 25.7 Å². The van der Waals surface area contributed by atoms with Gasteiger partial charge in [-0.2, -0.15) is 18.3 Å². The molecule has 0 aromatic carbocycles. The van der Waals surface area contributed by atoms with Gasteiger partial charge in [0.15, 0.2) is 10.8 Å². The van der Waals surface area contributed by atoms with Crippen molar-refractivity contribution >= 4 is 34.7 Å². The zero-order valence-corrected chi connectivity index (χ0v) is 15.3. The minimum absolute atomic E-state index is 0.0719. The standard InChI is InChI=1S/C16H14ClF3N6O2/c1-8(28-2)14-10(7-22-13-6-12(17)25-26(13)14)24-15(27)23-9-3-4-21-11(5-9)16(18,19)20/h3-8H,1-2H3,(H2,21,23,24,27)/t8-/m0/s1. The third-order valence-corrected chi connectivity index (χ3v) is 3.97. The number of halogens is 4. The summed E-state index contributed by atoms with van der Waals surface area (Å²) in [5.41, 5.74) is -0.0334. The molecule has 2 N–H and O–H groups in total. The summed E-state index contributed by atoms with van der Waals surface area (Å²) in [6.07, 6.45) is -2.78. The summed E-state index contributed by atoms with van der Waals surface area (Å²) in [6.45, 7) is 1.73. The van der Waals surface area contributed by atoms with Crippen LogP contribution in [0.1, 0.15) is 24.4 Å². The Bertz CT molecular complexity index is 1020. The predicted molar refractivity (Wildman–Crippen MR) is 95.3 cm³/mol. The number of nitrogens with one attached hydrogen (secondary N) is 2. The molecule has 0 fully saturated rings. The van der Waals surface area contributed by atoms with Crippen LogP contribution in [0.25, 0.3) is 5.65 Å². The largest absolute Gasteiger partial charge is 0.433 e. The van der Waals surface area contributed by atoms with Crippen LogP contribution < -0.4 is 10.6 Å². The summed E-state index contributed by atoms with van der Waals surface area (Å²) in [5.74, 6) is 0. The Balaban J connectivity index is 1.87. The van der Waals surface area contributed by atoms with E-state index in [0.717, 1.165) is 12.3 Å². The van der Waals surface area contributed by atoms with Crippen molar-refractivity contribution in [3.05, 3.63) is 47.1 Å². The molecule has 0 saturated carbocycles. The van der Waals surface area contributed by atoms with Crippen molar-refractivity contribution in [2.24, 2.45) is 0 Å². The van der Waals surface area contributed by atoms with Crippen LogP contribution in [-0.4, -0.2) is 32.7 Å². The van der Waals surface area contributed by atoms with Crippen molar-refractivity contribution < 1.29 is 22.7 Å². The maximum atomic E-state index is 12.7. The molecule has 3 aromatic rings. The zero-order valence-electron chi connectivity index (χ0n) is 14.6. The van der Waals surface area contributed by atoms with Gasteiger partial charge < -0.3 is 15.4 Å². The number of hydrogen-bond donors (Lipinski definition) is 2. The van der Waals surface area contributed by atoms with Gasteiger partial charge in [0.2, 0.25) is 0 Å². The Labute approximate surface area is 161 Å². The lowest BCUT2D eigenvalue weighted by Crippen LogP contribution is -2.22. The van der Waals surface area contributed by atoms with Crippen LogP contribution in [0, 0.1) is 0 Å². The molecule has 0 aliphatic heterocycles. The van der Waals surface area contributed by atoms with E-state index in [-0.39, 0.29) is 16.5 Å². The first-order valence-corrected chi connectivity index (χ1v) is 8.25. The molecule has 1 atom stereocenters. The number of carbonyl (C=O) groups excluding carboxylic acids is 1. The highest BCUT2D eigenvalue weighted by Gasteiger charge is 2.32. The molecular weight excluding hydrogens is 401 g/mol. The number of hydrogen-bond acceptors (Lipinski definition) is 5. The molecule has 3 rings (SSSR count). The van der Waals surface area contributed by atoms with Crippen molar-refractivity contribution in [3.63, 3.8) is 0 Å². The summed E-state index contributed by atoms with van der Waals surface area (Å²) in [4.78, 5) is 19.7. The maximum Gasteiger partial charge on any atom is 0.433 e. The number of fused-ring (bicyclic) bond motifs is 1. The molecule has 0 saturated heterocycles. The third-order valence-electron chi connectivity index (χ3n) is 3.79. The topological polar surface area (TPSA) is 93.4 Å². The van der Waals surface area contributed by atoms with Gasteiger partial charge in [0.05, 0.1) is 23.7 Å². The fourth-order valence-electron chi connectivity index (χ4n) is 2.47. The molecule has 148 valence electrons. The van der Waals surface area contributed by atoms with Crippen molar-refractivity contribution in [1.82, 2.24) is 19.6 Å². The van der Waals surface area contributed by atoms with Crippen LogP contribution in [0.5, 0.6) is 0 Å². The van der Waals surface area contributed by atoms with Crippen LogP contribution in [0.4, 0.5) is 29.3 Å². The number of ether oxygens (including phenoxy) is 1. The number of anilines is 2. The molecule has 0 radical (unpaired) electrons. The van der Waals surface area contributed by atoms with E-state index in [1.165, 1.54) is 30.0 Å². The molecule has 0 aliphatic carbocycles. The summed E-state index contributed by atoms with van der Waals surface area (Å²) in [5, 5.41) is 9.17. The zero-order chi connectivity index (χ0) is 20.5. The molecule has 8 nitrogen and oxygen atoms in total. The van der Waals surface area contributed by atoms with Gasteiger partial charge in [-0.1, -0.05) is 11.6 Å². The van der Waals surface area contributed by atoms with Gasteiger partial charge in [0.1, 0.15) is 5.69 Å². The first-order chi connectivity index (χ1) is 13.2. The fraction of sp³-hybridized carbons (Fsp3) is 0.250. The maximum absolute atomic E-state index is 12.7. The number of pyridine rings is 1. The van der Waals surface area contributed by atoms with Gasteiger partial charge >= 0.3 is 12.2 Å². The normalized spacial score (nSPS) is 12.8. The van der Waals surface area contributed by atoms with Crippen molar-refractivity contribution in [3.8, 4) is 0 Å². The number of urea groups is 1. The van der Waals surface area contributed by atoms with Gasteiger partial charge in [-0.15, -0.1) is 0 Å². The molecule has 3 heterocycles. The second kappa shape index (κ2) is 7.60. The van der Waals surface area contributed by atoms with E-state index in [0.29, 0.717) is 11.3 Å². The van der Waals surface area contributed by atoms with Crippen molar-refractivity contribution in [1.29, 1.82) is 0 Å². The summed E-state index contributed by atoms with van der Waals surface area (Å²) in [6, 6.07) is 2.73. The van der Waals surface area contributed by atoms with Gasteiger partial charge in [-0.3, -0.25) is 4.98 Å². The van der Waals surface area contributed by atoms with Gasteiger partial charge in [0.25, 0.3) is 0 Å². The molecule has 12 heteroatoms. The molecule has 0 unspecified atom stereocenters. The third kappa shape index (κ3) is 4.15. The Hall–Kier alpha value is -2.92. The molecule has 0 bridgehead atoms. The molecule has 2 amide bonds. The summed E-state index contributed by atoms with van der Waals surface area (Å²) >= 11 is 5.91. The monoisotopic (exact) mass is 414 g/mol. The lowest BCUT2D eigenvalue weighted by molar-refractivity contribution is -0.141. The average molecular weight is 415 g/mol. The fourth-order valence-corrected chi connectivity index (χ4v) is 2.64. The Morgan fingerprint density at radius 2 is 2.04 bits per heavy atom. The van der Waals surface area contributed by atoms with E-state index >= 15 is 0 Å². The van der Waals surface area contributed by atoms with Crippen molar-refractivity contribution in [2.75, 3.05) is 17.7 Å². The summed E-state index contributed by atoms with van der Waals surface area (Å²) in [7, 11) is 1.47. The SMILES string of the molecule is CO[C@@H](C)c1c(NC(=O)Nc2ccnc(C(F)(F)F)c2)cnc2cc(Cl)nn12.